The largest absolute Gasteiger partial charge is 0.504 e. The molecule has 0 aliphatic heterocycles. The van der Waals surface area contributed by atoms with Gasteiger partial charge in [-0.1, -0.05) is 11.6 Å². The number of halogens is 1. The Morgan fingerprint density at radius 2 is 2.00 bits per heavy atom. The van der Waals surface area contributed by atoms with Gasteiger partial charge < -0.3 is 15.5 Å². The van der Waals surface area contributed by atoms with Crippen molar-refractivity contribution in [2.45, 2.75) is 0 Å². The third-order valence-electron chi connectivity index (χ3n) is 1.59. The zero-order valence-corrected chi connectivity index (χ0v) is 8.09. The van der Waals surface area contributed by atoms with Crippen LogP contribution in [-0.4, -0.2) is 23.4 Å². The third-order valence-corrected chi connectivity index (χ3v) is 1.80. The Morgan fingerprint density at radius 3 is 2.50 bits per heavy atom. The molecule has 6 heteroatoms. The van der Waals surface area contributed by atoms with Crippen LogP contribution < -0.4 is 10.6 Å². The number of carboxylic acid groups (broad SMARTS) is 1. The predicted octanol–water partition coefficient (Wildman–Crippen LogP) is 2.18. The number of hydrogen-bond acceptors (Lipinski definition) is 3. The normalized spacial score (nSPS) is 9.57. The smallest absolute Gasteiger partial charge is 0.409 e. The molecule has 1 aromatic carbocycles. The molecular weight excluding hydrogens is 208 g/mol. The topological polar surface area (TPSA) is 81.6 Å². The Balaban J connectivity index is 3.15. The van der Waals surface area contributed by atoms with Crippen molar-refractivity contribution in [1.29, 1.82) is 0 Å². The summed E-state index contributed by atoms with van der Waals surface area (Å²) in [6.45, 7) is 0. The van der Waals surface area contributed by atoms with E-state index in [2.05, 4.69) is 5.32 Å². The monoisotopic (exact) mass is 216 g/mol. The minimum atomic E-state index is -1.26. The van der Waals surface area contributed by atoms with Crippen LogP contribution in [0.2, 0.25) is 5.02 Å². The summed E-state index contributed by atoms with van der Waals surface area (Å²) in [6.07, 6.45) is -1.26. The molecule has 0 bridgehead atoms. The lowest BCUT2D eigenvalue weighted by atomic mass is 10.2. The van der Waals surface area contributed by atoms with Gasteiger partial charge in [-0.05, 0) is 12.1 Å². The first-order valence-corrected chi connectivity index (χ1v) is 4.12. The van der Waals surface area contributed by atoms with Crippen molar-refractivity contribution in [3.63, 3.8) is 0 Å². The fraction of sp³-hybridized carbons (Fsp3) is 0.125. The molecule has 0 aromatic heterocycles. The summed E-state index contributed by atoms with van der Waals surface area (Å²) >= 11 is 5.70. The molecule has 4 N–H and O–H groups in total. The van der Waals surface area contributed by atoms with Crippen LogP contribution in [0.15, 0.2) is 12.1 Å². The fourth-order valence-electron chi connectivity index (χ4n) is 1.00. The zero-order valence-electron chi connectivity index (χ0n) is 7.34. The summed E-state index contributed by atoms with van der Waals surface area (Å²) < 4.78 is 0. The van der Waals surface area contributed by atoms with Crippen LogP contribution in [0, 0.1) is 0 Å². The molecule has 0 saturated carbocycles. The molecule has 0 aliphatic carbocycles. The highest BCUT2D eigenvalue weighted by Crippen LogP contribution is 2.35. The Bertz CT molecular complexity index is 368. The van der Waals surface area contributed by atoms with Crippen LogP contribution in [-0.2, 0) is 0 Å². The van der Waals surface area contributed by atoms with Gasteiger partial charge in [0.25, 0.3) is 0 Å². The predicted molar refractivity (Wildman–Crippen MR) is 54.3 cm³/mol. The number of rotatable bonds is 2. The summed E-state index contributed by atoms with van der Waals surface area (Å²) in [7, 11) is 1.59. The Kier molecular flexibility index (Phi) is 3.03. The Labute approximate surface area is 85.3 Å². The first kappa shape index (κ1) is 10.5. The van der Waals surface area contributed by atoms with Crippen molar-refractivity contribution in [3.8, 4) is 5.75 Å². The van der Waals surface area contributed by atoms with Crippen molar-refractivity contribution >= 4 is 29.1 Å². The summed E-state index contributed by atoms with van der Waals surface area (Å²) in [5, 5.41) is 23.0. The molecule has 14 heavy (non-hydrogen) atoms. The quantitative estimate of drug-likeness (QED) is 0.571. The van der Waals surface area contributed by atoms with E-state index in [0.717, 1.165) is 0 Å². The molecule has 0 heterocycles. The van der Waals surface area contributed by atoms with Gasteiger partial charge >= 0.3 is 6.09 Å². The van der Waals surface area contributed by atoms with E-state index in [1.807, 2.05) is 5.32 Å². The number of carbonyl (C=O) groups is 1. The summed E-state index contributed by atoms with van der Waals surface area (Å²) in [5.41, 5.74) is 0.413. The second-order valence-corrected chi connectivity index (χ2v) is 2.97. The number of nitrogens with one attached hydrogen (secondary N) is 2. The number of phenols is 1. The van der Waals surface area contributed by atoms with E-state index in [4.69, 9.17) is 16.7 Å². The number of anilines is 2. The second-order valence-electron chi connectivity index (χ2n) is 2.53. The van der Waals surface area contributed by atoms with E-state index < -0.39 is 6.09 Å². The third kappa shape index (κ3) is 2.20. The fourth-order valence-corrected chi connectivity index (χ4v) is 1.22. The standard InChI is InChI=1S/C8H9ClN2O3/c1-10-5-2-4(9)3-6(7(5)12)11-8(13)14/h2-3,10-12H,1H3,(H,13,14). The van der Waals surface area contributed by atoms with Gasteiger partial charge in [-0.2, -0.15) is 0 Å². The summed E-state index contributed by atoms with van der Waals surface area (Å²) in [6, 6.07) is 2.82. The number of aromatic hydroxyl groups is 1. The minimum Gasteiger partial charge on any atom is -0.504 e. The van der Waals surface area contributed by atoms with Crippen molar-refractivity contribution in [2.24, 2.45) is 0 Å². The van der Waals surface area contributed by atoms with E-state index >= 15 is 0 Å². The van der Waals surface area contributed by atoms with Crippen LogP contribution in [0.5, 0.6) is 5.75 Å². The van der Waals surface area contributed by atoms with Gasteiger partial charge in [0, 0.05) is 12.1 Å². The van der Waals surface area contributed by atoms with E-state index in [1.54, 1.807) is 7.05 Å². The highest BCUT2D eigenvalue weighted by atomic mass is 35.5. The molecule has 5 nitrogen and oxygen atoms in total. The lowest BCUT2D eigenvalue weighted by Crippen LogP contribution is -2.07. The molecule has 1 amide bonds. The van der Waals surface area contributed by atoms with E-state index in [9.17, 15) is 9.90 Å². The van der Waals surface area contributed by atoms with Crippen LogP contribution >= 0.6 is 11.6 Å². The lowest BCUT2D eigenvalue weighted by Gasteiger charge is -2.09. The molecule has 0 aliphatic rings. The maximum Gasteiger partial charge on any atom is 0.409 e. The summed E-state index contributed by atoms with van der Waals surface area (Å²) in [4.78, 5) is 10.3. The number of phenolic OH excluding ortho intramolecular Hbond substituents is 1. The van der Waals surface area contributed by atoms with Crippen molar-refractivity contribution in [2.75, 3.05) is 17.7 Å². The molecule has 0 atom stereocenters. The van der Waals surface area contributed by atoms with Crippen molar-refractivity contribution in [1.82, 2.24) is 0 Å². The Hall–Kier alpha value is -1.62. The molecule has 0 unspecified atom stereocenters. The highest BCUT2D eigenvalue weighted by Gasteiger charge is 2.10. The Morgan fingerprint density at radius 1 is 1.43 bits per heavy atom. The van der Waals surface area contributed by atoms with Gasteiger partial charge in [0.05, 0.1) is 11.4 Å². The van der Waals surface area contributed by atoms with Gasteiger partial charge in [0.15, 0.2) is 5.75 Å². The first-order chi connectivity index (χ1) is 6.54. The van der Waals surface area contributed by atoms with Gasteiger partial charge in [-0.25, -0.2) is 4.79 Å². The number of hydrogen-bond donors (Lipinski definition) is 4. The van der Waals surface area contributed by atoms with Crippen molar-refractivity contribution in [3.05, 3.63) is 17.2 Å². The molecule has 1 rings (SSSR count). The van der Waals surface area contributed by atoms with E-state index in [-0.39, 0.29) is 11.4 Å². The van der Waals surface area contributed by atoms with Gasteiger partial charge in [0.2, 0.25) is 0 Å². The van der Waals surface area contributed by atoms with Crippen LogP contribution in [0.4, 0.5) is 16.2 Å². The molecule has 0 fully saturated rings. The molecule has 1 aromatic rings. The van der Waals surface area contributed by atoms with Crippen LogP contribution in [0.1, 0.15) is 0 Å². The summed E-state index contributed by atoms with van der Waals surface area (Å²) in [5.74, 6) is -0.181. The van der Waals surface area contributed by atoms with Crippen LogP contribution in [0.3, 0.4) is 0 Å². The second kappa shape index (κ2) is 4.06. The average Bonchev–Trinajstić information content (AvgIpc) is 2.09. The first-order valence-electron chi connectivity index (χ1n) is 3.75. The average molecular weight is 217 g/mol. The van der Waals surface area contributed by atoms with E-state index in [1.165, 1.54) is 12.1 Å². The lowest BCUT2D eigenvalue weighted by molar-refractivity contribution is 0.209. The van der Waals surface area contributed by atoms with Gasteiger partial charge in [-0.15, -0.1) is 0 Å². The molecule has 0 saturated heterocycles. The van der Waals surface area contributed by atoms with Gasteiger partial charge in [-0.3, -0.25) is 5.32 Å². The highest BCUT2D eigenvalue weighted by molar-refractivity contribution is 6.31. The zero-order chi connectivity index (χ0) is 10.7. The van der Waals surface area contributed by atoms with Crippen LogP contribution in [0.25, 0.3) is 0 Å². The van der Waals surface area contributed by atoms with Gasteiger partial charge in [0.1, 0.15) is 0 Å². The minimum absolute atomic E-state index is 0.0503. The maximum atomic E-state index is 10.3. The number of benzene rings is 1. The van der Waals surface area contributed by atoms with Crippen molar-refractivity contribution < 1.29 is 15.0 Å². The molecular formula is C8H9ClN2O3. The maximum absolute atomic E-state index is 10.3. The number of amides is 1. The SMILES string of the molecule is CNc1cc(Cl)cc(NC(=O)O)c1O. The molecule has 0 radical (unpaired) electrons. The van der Waals surface area contributed by atoms with E-state index in [0.29, 0.717) is 10.7 Å². The molecule has 76 valence electrons. The molecule has 0 spiro atoms.